The van der Waals surface area contributed by atoms with Gasteiger partial charge in [-0.2, -0.15) is 0 Å². The van der Waals surface area contributed by atoms with E-state index in [0.717, 1.165) is 0 Å². The normalized spacial score (nSPS) is 19.4. The van der Waals surface area contributed by atoms with Gasteiger partial charge >= 0.3 is 5.97 Å². The lowest BCUT2D eigenvalue weighted by molar-refractivity contribution is -0.152. The first-order chi connectivity index (χ1) is 9.58. The second-order valence-corrected chi connectivity index (χ2v) is 6.43. The number of amides is 2. The van der Waals surface area contributed by atoms with Crippen LogP contribution in [0.25, 0.3) is 0 Å². The van der Waals surface area contributed by atoms with Crippen LogP contribution < -0.4 is 10.6 Å². The summed E-state index contributed by atoms with van der Waals surface area (Å²) in [6.45, 7) is 7.33. The van der Waals surface area contributed by atoms with Gasteiger partial charge in [0.15, 0.2) is 0 Å². The molecule has 1 atom stereocenters. The molecule has 2 amide bonds. The summed E-state index contributed by atoms with van der Waals surface area (Å²) in [6.07, 6.45) is 0.433. The molecular formula is C14H24N2O5. The third-order valence-electron chi connectivity index (χ3n) is 3.54. The zero-order valence-corrected chi connectivity index (χ0v) is 13.0. The number of ether oxygens (including phenoxy) is 1. The Bertz CT molecular complexity index is 422. The highest BCUT2D eigenvalue weighted by Gasteiger charge is 2.42. The van der Waals surface area contributed by atoms with E-state index in [9.17, 15) is 19.5 Å². The van der Waals surface area contributed by atoms with Gasteiger partial charge in [-0.3, -0.25) is 9.59 Å². The summed E-state index contributed by atoms with van der Waals surface area (Å²) in [5.74, 6) is -1.84. The number of hydrogen-bond acceptors (Lipinski definition) is 4. The maximum atomic E-state index is 12.2. The molecule has 21 heavy (non-hydrogen) atoms. The lowest BCUT2D eigenvalue weighted by atomic mass is 9.89. The van der Waals surface area contributed by atoms with Crippen molar-refractivity contribution in [1.82, 2.24) is 10.6 Å². The quantitative estimate of drug-likeness (QED) is 0.692. The van der Waals surface area contributed by atoms with Crippen LogP contribution in [0.1, 0.15) is 40.5 Å². The molecule has 0 radical (unpaired) electrons. The van der Waals surface area contributed by atoms with E-state index in [-0.39, 0.29) is 32.0 Å². The molecule has 1 heterocycles. The highest BCUT2D eigenvalue weighted by Crippen LogP contribution is 2.21. The average molecular weight is 300 g/mol. The maximum Gasteiger partial charge on any atom is 0.329 e. The summed E-state index contributed by atoms with van der Waals surface area (Å²) in [7, 11) is 0. The van der Waals surface area contributed by atoms with E-state index in [1.54, 1.807) is 20.8 Å². The number of hydrogen-bond donors (Lipinski definition) is 3. The summed E-state index contributed by atoms with van der Waals surface area (Å²) in [6, 6.07) is -0.796. The van der Waals surface area contributed by atoms with E-state index in [1.165, 1.54) is 6.92 Å². The molecule has 1 fully saturated rings. The lowest BCUT2D eigenvalue weighted by Gasteiger charge is -2.35. The predicted molar refractivity (Wildman–Crippen MR) is 75.6 cm³/mol. The second-order valence-electron chi connectivity index (χ2n) is 6.43. The Kier molecular flexibility index (Phi) is 5.33. The maximum absolute atomic E-state index is 12.2. The molecule has 1 aliphatic rings. The Labute approximate surface area is 124 Å². The van der Waals surface area contributed by atoms with Crippen molar-refractivity contribution in [1.29, 1.82) is 0 Å². The molecular weight excluding hydrogens is 276 g/mol. The van der Waals surface area contributed by atoms with Crippen molar-refractivity contribution in [3.8, 4) is 0 Å². The molecule has 0 aromatic carbocycles. The van der Waals surface area contributed by atoms with Crippen molar-refractivity contribution in [2.45, 2.75) is 52.1 Å². The van der Waals surface area contributed by atoms with Gasteiger partial charge < -0.3 is 20.5 Å². The molecule has 120 valence electrons. The van der Waals surface area contributed by atoms with E-state index < -0.39 is 28.9 Å². The summed E-state index contributed by atoms with van der Waals surface area (Å²) in [5.41, 5.74) is -1.92. The van der Waals surface area contributed by atoms with Gasteiger partial charge in [-0.15, -0.1) is 0 Å². The number of carboxylic acids is 1. The Hall–Kier alpha value is -1.63. The Morgan fingerprint density at radius 2 is 1.71 bits per heavy atom. The van der Waals surface area contributed by atoms with E-state index in [0.29, 0.717) is 0 Å². The minimum Gasteiger partial charge on any atom is -0.480 e. The minimum absolute atomic E-state index is 0.216. The van der Waals surface area contributed by atoms with Gasteiger partial charge in [0.05, 0.1) is 0 Å². The van der Waals surface area contributed by atoms with Crippen LogP contribution in [0.15, 0.2) is 0 Å². The first kappa shape index (κ1) is 17.4. The predicted octanol–water partition coefficient (Wildman–Crippen LogP) is 0.287. The summed E-state index contributed by atoms with van der Waals surface area (Å²) >= 11 is 0. The monoisotopic (exact) mass is 300 g/mol. The molecule has 1 saturated heterocycles. The van der Waals surface area contributed by atoms with Gasteiger partial charge in [-0.25, -0.2) is 4.79 Å². The third kappa shape index (κ3) is 4.42. The molecule has 7 heteroatoms. The average Bonchev–Trinajstić information content (AvgIpc) is 2.38. The molecule has 1 aliphatic heterocycles. The number of carboxylic acid groups (broad SMARTS) is 1. The molecule has 0 bridgehead atoms. The zero-order valence-electron chi connectivity index (χ0n) is 13.0. The second kappa shape index (κ2) is 6.43. The van der Waals surface area contributed by atoms with Gasteiger partial charge in [-0.05, 0) is 6.92 Å². The van der Waals surface area contributed by atoms with E-state index in [2.05, 4.69) is 10.6 Å². The van der Waals surface area contributed by atoms with Crippen molar-refractivity contribution in [2.75, 3.05) is 13.2 Å². The minimum atomic E-state index is -1.31. The number of carbonyl (C=O) groups excluding carboxylic acids is 2. The molecule has 0 saturated carbocycles. The largest absolute Gasteiger partial charge is 0.480 e. The van der Waals surface area contributed by atoms with E-state index >= 15 is 0 Å². The molecule has 0 aromatic rings. The number of aliphatic carboxylic acids is 1. The van der Waals surface area contributed by atoms with Crippen LogP contribution in [-0.2, 0) is 19.1 Å². The van der Waals surface area contributed by atoms with Crippen molar-refractivity contribution in [3.63, 3.8) is 0 Å². The van der Waals surface area contributed by atoms with Gasteiger partial charge in [0, 0.05) is 31.5 Å². The Morgan fingerprint density at radius 3 is 2.14 bits per heavy atom. The fourth-order valence-electron chi connectivity index (χ4n) is 1.93. The summed E-state index contributed by atoms with van der Waals surface area (Å²) in [5, 5.41) is 14.5. The molecule has 1 unspecified atom stereocenters. The smallest absolute Gasteiger partial charge is 0.329 e. The lowest BCUT2D eigenvalue weighted by Crippen LogP contribution is -2.61. The van der Waals surface area contributed by atoms with Crippen LogP contribution in [0.3, 0.4) is 0 Å². The van der Waals surface area contributed by atoms with Crippen molar-refractivity contribution >= 4 is 17.8 Å². The van der Waals surface area contributed by atoms with Gasteiger partial charge in [0.2, 0.25) is 11.8 Å². The zero-order chi connectivity index (χ0) is 16.3. The topological polar surface area (TPSA) is 105 Å². The van der Waals surface area contributed by atoms with Crippen LogP contribution in [0.5, 0.6) is 0 Å². The number of carbonyl (C=O) groups is 3. The molecule has 0 spiro atoms. The molecule has 0 aromatic heterocycles. The summed E-state index contributed by atoms with van der Waals surface area (Å²) in [4.78, 5) is 35.5. The van der Waals surface area contributed by atoms with Gasteiger partial charge in [0.25, 0.3) is 0 Å². The number of rotatable bonds is 4. The van der Waals surface area contributed by atoms with Crippen molar-refractivity contribution in [3.05, 3.63) is 0 Å². The van der Waals surface area contributed by atoms with Crippen LogP contribution in [0.4, 0.5) is 0 Å². The molecule has 1 rings (SSSR count). The summed E-state index contributed by atoms with van der Waals surface area (Å²) < 4.78 is 5.14. The molecule has 7 nitrogen and oxygen atoms in total. The highest BCUT2D eigenvalue weighted by atomic mass is 16.5. The fraction of sp³-hybridized carbons (Fsp3) is 0.786. The standard InChI is InChI=1S/C14H24N2O5/c1-9(15-11(18)13(2,3)4)10(17)16-14(12(19)20)5-7-21-8-6-14/h9H,5-8H2,1-4H3,(H,15,18)(H,16,17)(H,19,20). The van der Waals surface area contributed by atoms with Crippen LogP contribution in [-0.4, -0.2) is 47.7 Å². The third-order valence-corrected chi connectivity index (χ3v) is 3.54. The van der Waals surface area contributed by atoms with Crippen LogP contribution in [0, 0.1) is 5.41 Å². The Morgan fingerprint density at radius 1 is 1.19 bits per heavy atom. The van der Waals surface area contributed by atoms with Crippen LogP contribution in [0.2, 0.25) is 0 Å². The van der Waals surface area contributed by atoms with Crippen LogP contribution >= 0.6 is 0 Å². The van der Waals surface area contributed by atoms with E-state index in [1.807, 2.05) is 0 Å². The highest BCUT2D eigenvalue weighted by molar-refractivity contribution is 5.92. The first-order valence-corrected chi connectivity index (χ1v) is 7.03. The molecule has 3 N–H and O–H groups in total. The van der Waals surface area contributed by atoms with E-state index in [4.69, 9.17) is 4.74 Å². The van der Waals surface area contributed by atoms with Gasteiger partial charge in [0.1, 0.15) is 11.6 Å². The van der Waals surface area contributed by atoms with Gasteiger partial charge in [-0.1, -0.05) is 20.8 Å². The van der Waals surface area contributed by atoms with Crippen molar-refractivity contribution < 1.29 is 24.2 Å². The van der Waals surface area contributed by atoms with Crippen molar-refractivity contribution in [2.24, 2.45) is 5.41 Å². The molecule has 0 aliphatic carbocycles. The SMILES string of the molecule is CC(NC(=O)C(C)(C)C)C(=O)NC1(C(=O)O)CCOCC1. The Balaban J connectivity index is 2.70. The first-order valence-electron chi connectivity index (χ1n) is 7.03. The number of nitrogens with one attached hydrogen (secondary N) is 2. The fourth-order valence-corrected chi connectivity index (χ4v) is 1.93.